The van der Waals surface area contributed by atoms with E-state index in [1.807, 2.05) is 78.9 Å². The second kappa shape index (κ2) is 11.3. The lowest BCUT2D eigenvalue weighted by molar-refractivity contribution is 0.122. The number of aromatic nitrogens is 1. The van der Waals surface area contributed by atoms with Crippen LogP contribution in [0.1, 0.15) is 17.2 Å². The number of hydrogen-bond donors (Lipinski definition) is 2. The first kappa shape index (κ1) is 26.3. The lowest BCUT2D eigenvalue weighted by Gasteiger charge is -2.29. The molecule has 0 aliphatic carbocycles. The summed E-state index contributed by atoms with van der Waals surface area (Å²) in [7, 11) is -4.71. The standard InChI is InChI=1S/C31H29N2O6P/c34-31-25-13-7-8-14-26(25)32-27-20-24(33-15-17-37-18-16-33)21-29(30(27)31)39-40(35,36)38-28(23-11-5-2-6-12-23)19-22-9-3-1-4-10-22/h1-14,20-21,28H,15-19H2,(H,32,34)(H,35,36). The Bertz CT molecular complexity index is 1740. The molecule has 0 bridgehead atoms. The summed E-state index contributed by atoms with van der Waals surface area (Å²) in [6.07, 6.45) is -0.398. The molecule has 204 valence electrons. The first-order chi connectivity index (χ1) is 19.5. The van der Waals surface area contributed by atoms with E-state index in [0.29, 0.717) is 49.1 Å². The van der Waals surface area contributed by atoms with E-state index in [2.05, 4.69) is 9.88 Å². The molecule has 9 heteroatoms. The lowest BCUT2D eigenvalue weighted by atomic mass is 10.0. The fraction of sp³-hybridized carbons (Fsp3) is 0.194. The second-order valence-electron chi connectivity index (χ2n) is 9.72. The molecule has 2 N–H and O–H groups in total. The van der Waals surface area contributed by atoms with E-state index < -0.39 is 13.9 Å². The minimum atomic E-state index is -4.71. The SMILES string of the molecule is O=c1c2ccccc2[nH]c2cc(N3CCOCC3)cc(OP(=O)(O)OC(Cc3ccccc3)c3ccccc3)c12. The molecule has 4 aromatic carbocycles. The number of pyridine rings is 1. The molecule has 1 aliphatic heterocycles. The van der Waals surface area contributed by atoms with Crippen molar-refractivity contribution in [2.24, 2.45) is 0 Å². The number of aromatic amines is 1. The Labute approximate surface area is 231 Å². The smallest absolute Gasteiger partial charge is 0.403 e. The summed E-state index contributed by atoms with van der Waals surface area (Å²) in [5.41, 5.74) is 3.31. The fourth-order valence-corrected chi connectivity index (χ4v) is 6.05. The van der Waals surface area contributed by atoms with Gasteiger partial charge in [-0.05, 0) is 29.3 Å². The van der Waals surface area contributed by atoms with E-state index in [-0.39, 0.29) is 16.6 Å². The van der Waals surface area contributed by atoms with Gasteiger partial charge >= 0.3 is 7.82 Å². The summed E-state index contributed by atoms with van der Waals surface area (Å²) in [6.45, 7) is 2.40. The number of rotatable bonds is 8. The van der Waals surface area contributed by atoms with E-state index in [1.54, 1.807) is 18.2 Å². The van der Waals surface area contributed by atoms with Crippen LogP contribution in [0.2, 0.25) is 0 Å². The van der Waals surface area contributed by atoms with Crippen LogP contribution in [0, 0.1) is 0 Å². The molecule has 1 aromatic heterocycles. The molecular weight excluding hydrogens is 527 g/mol. The summed E-state index contributed by atoms with van der Waals surface area (Å²) in [4.78, 5) is 30.1. The van der Waals surface area contributed by atoms with Crippen molar-refractivity contribution in [1.29, 1.82) is 0 Å². The van der Waals surface area contributed by atoms with Crippen molar-refractivity contribution >= 4 is 35.3 Å². The van der Waals surface area contributed by atoms with Gasteiger partial charge in [0.05, 0.1) is 30.2 Å². The number of nitrogens with zero attached hydrogens (tertiary/aromatic N) is 1. The van der Waals surface area contributed by atoms with E-state index in [1.165, 1.54) is 0 Å². The van der Waals surface area contributed by atoms with Gasteiger partial charge in [-0.2, -0.15) is 0 Å². The zero-order valence-corrected chi connectivity index (χ0v) is 22.6. The Morgan fingerprint density at radius 3 is 2.33 bits per heavy atom. The molecule has 8 nitrogen and oxygen atoms in total. The van der Waals surface area contributed by atoms with Gasteiger partial charge in [0.25, 0.3) is 0 Å². The first-order valence-corrected chi connectivity index (χ1v) is 14.7. The van der Waals surface area contributed by atoms with Crippen molar-refractivity contribution in [3.8, 4) is 5.75 Å². The van der Waals surface area contributed by atoms with Crippen molar-refractivity contribution in [2.45, 2.75) is 12.5 Å². The van der Waals surface area contributed by atoms with Gasteiger partial charge in [0.15, 0.2) is 0 Å². The molecule has 2 atom stereocenters. The van der Waals surface area contributed by atoms with E-state index in [9.17, 15) is 14.3 Å². The number of H-pyrrole nitrogens is 1. The molecule has 0 saturated carbocycles. The van der Waals surface area contributed by atoms with Crippen molar-refractivity contribution < 1.29 is 23.2 Å². The van der Waals surface area contributed by atoms with Crippen LogP contribution in [0.5, 0.6) is 5.75 Å². The third kappa shape index (κ3) is 5.67. The van der Waals surface area contributed by atoms with Crippen LogP contribution >= 0.6 is 7.82 Å². The number of fused-ring (bicyclic) bond motifs is 2. The van der Waals surface area contributed by atoms with Gasteiger partial charge in [0.1, 0.15) is 5.75 Å². The maximum absolute atomic E-state index is 13.6. The van der Waals surface area contributed by atoms with Gasteiger partial charge in [-0.15, -0.1) is 0 Å². The van der Waals surface area contributed by atoms with Crippen molar-refractivity contribution in [2.75, 3.05) is 31.2 Å². The summed E-state index contributed by atoms with van der Waals surface area (Å²) >= 11 is 0. The largest absolute Gasteiger partial charge is 0.528 e. The van der Waals surface area contributed by atoms with Crippen LogP contribution in [-0.4, -0.2) is 36.2 Å². The summed E-state index contributed by atoms with van der Waals surface area (Å²) in [6, 6.07) is 29.5. The predicted octanol–water partition coefficient (Wildman–Crippen LogP) is 6.00. The molecule has 2 heterocycles. The van der Waals surface area contributed by atoms with Gasteiger partial charge in [-0.3, -0.25) is 14.2 Å². The molecule has 1 aliphatic rings. The Morgan fingerprint density at radius 2 is 1.57 bits per heavy atom. The highest BCUT2D eigenvalue weighted by Crippen LogP contribution is 2.50. The quantitative estimate of drug-likeness (QED) is 0.179. The van der Waals surface area contributed by atoms with Crippen LogP contribution in [0.25, 0.3) is 21.8 Å². The number of ether oxygens (including phenoxy) is 1. The van der Waals surface area contributed by atoms with Crippen LogP contribution < -0.4 is 14.9 Å². The maximum Gasteiger partial charge on any atom is 0.528 e. The Hall–Kier alpha value is -3.94. The van der Waals surface area contributed by atoms with Gasteiger partial charge in [0, 0.05) is 42.2 Å². The highest BCUT2D eigenvalue weighted by Gasteiger charge is 2.31. The van der Waals surface area contributed by atoms with Crippen LogP contribution in [-0.2, 0) is 20.2 Å². The monoisotopic (exact) mass is 556 g/mol. The van der Waals surface area contributed by atoms with Gasteiger partial charge in [-0.25, -0.2) is 4.57 Å². The normalized spacial score (nSPS) is 16.1. The molecule has 6 rings (SSSR count). The number of hydrogen-bond acceptors (Lipinski definition) is 6. The topological polar surface area (TPSA) is 101 Å². The first-order valence-electron chi connectivity index (χ1n) is 13.2. The number of nitrogens with one attached hydrogen (secondary N) is 1. The molecule has 2 unspecified atom stereocenters. The molecule has 1 saturated heterocycles. The van der Waals surface area contributed by atoms with Crippen molar-refractivity contribution in [1.82, 2.24) is 4.98 Å². The minimum Gasteiger partial charge on any atom is -0.403 e. The van der Waals surface area contributed by atoms with Crippen molar-refractivity contribution in [3.05, 3.63) is 118 Å². The number of phosphoric acid groups is 1. The number of morpholine rings is 1. The molecular formula is C31H29N2O6P. The fourth-order valence-electron chi connectivity index (χ4n) is 5.10. The summed E-state index contributed by atoms with van der Waals surface area (Å²) < 4.78 is 30.7. The van der Waals surface area contributed by atoms with E-state index in [4.69, 9.17) is 13.8 Å². The lowest BCUT2D eigenvalue weighted by Crippen LogP contribution is -2.36. The molecule has 0 amide bonds. The summed E-state index contributed by atoms with van der Waals surface area (Å²) in [5, 5.41) is 0.645. The Kier molecular flexibility index (Phi) is 7.41. The van der Waals surface area contributed by atoms with Gasteiger partial charge < -0.3 is 19.1 Å². The predicted molar refractivity (Wildman–Crippen MR) is 156 cm³/mol. The zero-order chi connectivity index (χ0) is 27.5. The molecule has 0 spiro atoms. The molecule has 40 heavy (non-hydrogen) atoms. The second-order valence-corrected chi connectivity index (χ2v) is 11.1. The van der Waals surface area contributed by atoms with Gasteiger partial charge in [0.2, 0.25) is 5.43 Å². The zero-order valence-electron chi connectivity index (χ0n) is 21.7. The third-order valence-electron chi connectivity index (χ3n) is 7.04. The van der Waals surface area contributed by atoms with E-state index >= 15 is 0 Å². The van der Waals surface area contributed by atoms with Gasteiger partial charge in [-0.1, -0.05) is 72.8 Å². The Morgan fingerprint density at radius 1 is 0.900 bits per heavy atom. The average Bonchev–Trinajstić information content (AvgIpc) is 2.98. The van der Waals surface area contributed by atoms with E-state index in [0.717, 1.165) is 16.8 Å². The number of benzene rings is 4. The molecule has 0 radical (unpaired) electrons. The minimum absolute atomic E-state index is 0.0108. The van der Waals surface area contributed by atoms with Crippen LogP contribution in [0.3, 0.4) is 0 Å². The van der Waals surface area contributed by atoms with Crippen LogP contribution in [0.4, 0.5) is 5.69 Å². The number of phosphoric ester groups is 1. The third-order valence-corrected chi connectivity index (χ3v) is 7.99. The molecule has 5 aromatic rings. The van der Waals surface area contributed by atoms with Crippen molar-refractivity contribution in [3.63, 3.8) is 0 Å². The highest BCUT2D eigenvalue weighted by molar-refractivity contribution is 7.47. The number of para-hydroxylation sites is 1. The Balaban J connectivity index is 1.41. The average molecular weight is 557 g/mol. The molecule has 1 fully saturated rings. The van der Waals surface area contributed by atoms with Crippen LogP contribution in [0.15, 0.2) is 102 Å². The maximum atomic E-state index is 13.6. The highest BCUT2D eigenvalue weighted by atomic mass is 31.2. The summed E-state index contributed by atoms with van der Waals surface area (Å²) in [5.74, 6) is -0.0108. The number of anilines is 1.